The summed E-state index contributed by atoms with van der Waals surface area (Å²) >= 11 is 0. The van der Waals surface area contributed by atoms with Crippen molar-refractivity contribution < 1.29 is 34.2 Å². The summed E-state index contributed by atoms with van der Waals surface area (Å²) in [5.41, 5.74) is -0.277. The lowest BCUT2D eigenvalue weighted by molar-refractivity contribution is -0.514. The van der Waals surface area contributed by atoms with Gasteiger partial charge in [-0.2, -0.15) is 9.78 Å². The molecule has 0 saturated heterocycles. The quantitative estimate of drug-likeness (QED) is 0.367. The molecule has 178 valence electrons. The molecule has 0 spiro atoms. The molecule has 0 N–H and O–H groups in total. The van der Waals surface area contributed by atoms with Crippen LogP contribution in [0.2, 0.25) is 0 Å². The zero-order valence-electron chi connectivity index (χ0n) is 20.7. The molecule has 1 aromatic rings. The minimum absolute atomic E-state index is 0.211. The highest BCUT2D eigenvalue weighted by Gasteiger charge is 2.20. The van der Waals surface area contributed by atoms with Crippen molar-refractivity contribution in [1.82, 2.24) is 0 Å². The van der Waals surface area contributed by atoms with Crippen LogP contribution in [0.1, 0.15) is 92.4 Å². The van der Waals surface area contributed by atoms with Crippen molar-refractivity contribution in [3.05, 3.63) is 35.9 Å². The second-order valence-corrected chi connectivity index (χ2v) is 10.7. The Balaban J connectivity index is 0.000000590. The fourth-order valence-electron chi connectivity index (χ4n) is 2.38. The van der Waals surface area contributed by atoms with Gasteiger partial charge in [0.05, 0.1) is 17.6 Å². The first-order chi connectivity index (χ1) is 14.0. The average Bonchev–Trinajstić information content (AvgIpc) is 2.57. The van der Waals surface area contributed by atoms with Gasteiger partial charge in [0.15, 0.2) is 0 Å². The Kier molecular flexibility index (Phi) is 12.0. The third-order valence-electron chi connectivity index (χ3n) is 3.26. The summed E-state index contributed by atoms with van der Waals surface area (Å²) < 4.78 is 0. The highest BCUT2D eigenvalue weighted by atomic mass is 17.5. The Bertz CT molecular complexity index is 649. The molecule has 0 aliphatic heterocycles. The molecule has 0 fully saturated rings. The molecular formula is C24H40O7. The van der Waals surface area contributed by atoms with Crippen molar-refractivity contribution >= 4 is 11.9 Å². The highest BCUT2D eigenvalue weighted by molar-refractivity contribution is 5.88. The summed E-state index contributed by atoms with van der Waals surface area (Å²) in [6.07, 6.45) is 1.30. The second-order valence-electron chi connectivity index (χ2n) is 10.7. The number of benzene rings is 1. The molecule has 0 aromatic heterocycles. The third-order valence-corrected chi connectivity index (χ3v) is 3.26. The maximum atomic E-state index is 11.4. The Morgan fingerprint density at radius 3 is 1.77 bits per heavy atom. The third kappa shape index (κ3) is 18.5. The number of hydrogen-bond donors (Lipinski definition) is 0. The number of carbonyl (C=O) groups is 2. The Labute approximate surface area is 187 Å². The van der Waals surface area contributed by atoms with Crippen LogP contribution in [0.5, 0.6) is 0 Å². The van der Waals surface area contributed by atoms with E-state index >= 15 is 0 Å². The van der Waals surface area contributed by atoms with Gasteiger partial charge in [0, 0.05) is 0 Å². The van der Waals surface area contributed by atoms with Crippen LogP contribution in [-0.4, -0.2) is 23.1 Å². The lowest BCUT2D eigenvalue weighted by Crippen LogP contribution is -2.21. The van der Waals surface area contributed by atoms with Crippen molar-refractivity contribution in [2.24, 2.45) is 11.3 Å². The van der Waals surface area contributed by atoms with Crippen molar-refractivity contribution in [1.29, 1.82) is 0 Å². The predicted octanol–water partition coefficient (Wildman–Crippen LogP) is 6.23. The first-order valence-electron chi connectivity index (χ1n) is 10.5. The first-order valence-corrected chi connectivity index (χ1v) is 10.5. The first kappa shape index (κ1) is 29.0. The Morgan fingerprint density at radius 2 is 1.32 bits per heavy atom. The average molecular weight is 441 g/mol. The monoisotopic (exact) mass is 440 g/mol. The molecule has 0 aliphatic rings. The highest BCUT2D eigenvalue weighted by Crippen LogP contribution is 2.26. The van der Waals surface area contributed by atoms with E-state index in [9.17, 15) is 9.59 Å². The largest absolute Gasteiger partial charge is 0.373 e. The molecule has 0 radical (unpaired) electrons. The summed E-state index contributed by atoms with van der Waals surface area (Å²) in [7, 11) is 0. The maximum Gasteiger partial charge on any atom is 0.373 e. The summed E-state index contributed by atoms with van der Waals surface area (Å²) in [6.45, 7) is 19.3. The van der Waals surface area contributed by atoms with Gasteiger partial charge in [0.1, 0.15) is 5.60 Å². The van der Waals surface area contributed by atoms with E-state index in [1.165, 1.54) is 0 Å². The molecule has 0 bridgehead atoms. The van der Waals surface area contributed by atoms with E-state index in [-0.39, 0.29) is 11.3 Å². The topological polar surface area (TPSA) is 80.3 Å². The van der Waals surface area contributed by atoms with Gasteiger partial charge in [-0.3, -0.25) is 9.78 Å². The number of hydrogen-bond acceptors (Lipinski definition) is 7. The van der Waals surface area contributed by atoms with Crippen LogP contribution < -0.4 is 0 Å². The fraction of sp³-hybridized carbons (Fsp3) is 0.667. The van der Waals surface area contributed by atoms with Gasteiger partial charge in [0.2, 0.25) is 0 Å². The van der Waals surface area contributed by atoms with Gasteiger partial charge in [-0.15, -0.1) is 0 Å². The van der Waals surface area contributed by atoms with E-state index in [2.05, 4.69) is 35.6 Å². The lowest BCUT2D eigenvalue weighted by Gasteiger charge is -2.22. The summed E-state index contributed by atoms with van der Waals surface area (Å²) in [4.78, 5) is 41.7. The SMILES string of the molecule is CC(C)(C)OOC(=O)c1ccccc1.CC(CC(=O)OOOC(C)(C)C)CC(C)(C)C. The molecule has 1 unspecified atom stereocenters. The van der Waals surface area contributed by atoms with Crippen LogP contribution in [0.4, 0.5) is 0 Å². The molecule has 0 aliphatic carbocycles. The van der Waals surface area contributed by atoms with Crippen LogP contribution >= 0.6 is 0 Å². The van der Waals surface area contributed by atoms with E-state index in [4.69, 9.17) is 9.78 Å². The van der Waals surface area contributed by atoms with Crippen LogP contribution in [0.25, 0.3) is 0 Å². The van der Waals surface area contributed by atoms with Crippen LogP contribution in [-0.2, 0) is 29.4 Å². The van der Waals surface area contributed by atoms with Gasteiger partial charge in [0.25, 0.3) is 0 Å². The zero-order valence-corrected chi connectivity index (χ0v) is 20.7. The molecule has 31 heavy (non-hydrogen) atoms. The number of carbonyl (C=O) groups excluding carboxylic acids is 2. The van der Waals surface area contributed by atoms with Gasteiger partial charge in [-0.1, -0.05) is 45.9 Å². The second kappa shape index (κ2) is 12.8. The van der Waals surface area contributed by atoms with Crippen LogP contribution in [0.15, 0.2) is 30.3 Å². The van der Waals surface area contributed by atoms with Gasteiger partial charge >= 0.3 is 11.9 Å². The van der Waals surface area contributed by atoms with Crippen LogP contribution in [0.3, 0.4) is 0 Å². The molecule has 1 rings (SSSR count). The predicted molar refractivity (Wildman–Crippen MR) is 119 cm³/mol. The summed E-state index contributed by atoms with van der Waals surface area (Å²) in [5.74, 6) is -0.604. The summed E-state index contributed by atoms with van der Waals surface area (Å²) in [5, 5.41) is 4.44. The minimum Gasteiger partial charge on any atom is -0.292 e. The summed E-state index contributed by atoms with van der Waals surface area (Å²) in [6, 6.07) is 8.73. The van der Waals surface area contributed by atoms with Crippen LogP contribution in [0, 0.1) is 11.3 Å². The minimum atomic E-state index is -0.489. The molecule has 7 heteroatoms. The smallest absolute Gasteiger partial charge is 0.292 e. The normalized spacial score (nSPS) is 13.0. The van der Waals surface area contributed by atoms with Crippen molar-refractivity contribution in [2.45, 2.75) is 93.3 Å². The number of rotatable bonds is 7. The van der Waals surface area contributed by atoms with E-state index in [1.807, 2.05) is 54.5 Å². The molecule has 7 nitrogen and oxygen atoms in total. The van der Waals surface area contributed by atoms with Gasteiger partial charge < -0.3 is 0 Å². The van der Waals surface area contributed by atoms with Gasteiger partial charge in [-0.05, 0) is 76.5 Å². The molecule has 0 saturated carbocycles. The van der Waals surface area contributed by atoms with E-state index in [0.717, 1.165) is 6.42 Å². The fourth-order valence-corrected chi connectivity index (χ4v) is 2.38. The molecule has 0 amide bonds. The molecule has 1 aromatic carbocycles. The van der Waals surface area contributed by atoms with Crippen molar-refractivity contribution in [3.8, 4) is 0 Å². The molecule has 1 atom stereocenters. The van der Waals surface area contributed by atoms with Crippen molar-refractivity contribution in [2.75, 3.05) is 0 Å². The Hall–Kier alpha value is -1.96. The maximum absolute atomic E-state index is 11.4. The van der Waals surface area contributed by atoms with Crippen molar-refractivity contribution in [3.63, 3.8) is 0 Å². The Morgan fingerprint density at radius 1 is 0.806 bits per heavy atom. The van der Waals surface area contributed by atoms with E-state index in [1.54, 1.807) is 24.3 Å². The standard InChI is InChI=1S/C13H26O4.C11H14O3/c1-10(9-12(2,3)4)8-11(14)15-17-16-13(5,6)7;1-11(2,3)14-13-10(12)9-7-5-4-6-8-9/h10H,8-9H2,1-7H3;4-8H,1-3H3. The molecule has 0 heterocycles. The lowest BCUT2D eigenvalue weighted by atomic mass is 9.84. The molecular weight excluding hydrogens is 400 g/mol. The van der Waals surface area contributed by atoms with Gasteiger partial charge in [-0.25, -0.2) is 9.59 Å². The van der Waals surface area contributed by atoms with E-state index < -0.39 is 23.1 Å². The zero-order chi connectivity index (χ0) is 24.3. The van der Waals surface area contributed by atoms with E-state index in [0.29, 0.717) is 12.0 Å².